The third-order valence-corrected chi connectivity index (χ3v) is 3.74. The minimum absolute atomic E-state index is 0.526. The molecule has 2 rings (SSSR count). The van der Waals surface area contributed by atoms with Crippen LogP contribution in [-0.2, 0) is 0 Å². The van der Waals surface area contributed by atoms with Gasteiger partial charge in [0, 0.05) is 6.04 Å². The lowest BCUT2D eigenvalue weighted by Gasteiger charge is -2.18. The van der Waals surface area contributed by atoms with Gasteiger partial charge in [-0.15, -0.1) is 0 Å². The zero-order valence-electron chi connectivity index (χ0n) is 10.2. The molecule has 0 aromatic heterocycles. The van der Waals surface area contributed by atoms with Gasteiger partial charge in [-0.1, -0.05) is 43.7 Å². The molecule has 1 saturated carbocycles. The molecule has 0 bridgehead atoms. The largest absolute Gasteiger partial charge is 0.313 e. The van der Waals surface area contributed by atoms with Crippen molar-refractivity contribution in [2.24, 2.45) is 11.3 Å². The van der Waals surface area contributed by atoms with Crippen LogP contribution in [0.3, 0.4) is 0 Å². The van der Waals surface area contributed by atoms with Crippen LogP contribution in [0, 0.1) is 18.3 Å². The number of rotatable bonds is 3. The van der Waals surface area contributed by atoms with Crippen LogP contribution >= 0.6 is 0 Å². The highest BCUT2D eigenvalue weighted by Crippen LogP contribution is 2.57. The lowest BCUT2D eigenvalue weighted by molar-refractivity contribution is 0.441. The first-order valence-corrected chi connectivity index (χ1v) is 5.78. The van der Waals surface area contributed by atoms with Gasteiger partial charge in [0.25, 0.3) is 0 Å². The van der Waals surface area contributed by atoms with E-state index in [1.165, 1.54) is 17.5 Å². The molecule has 0 heterocycles. The number of aryl methyl sites for hydroxylation is 1. The second-order valence-corrected chi connectivity index (χ2v) is 5.48. The van der Waals surface area contributed by atoms with Crippen LogP contribution in [0.4, 0.5) is 0 Å². The first kappa shape index (κ1) is 10.7. The van der Waals surface area contributed by atoms with E-state index in [2.05, 4.69) is 57.4 Å². The third kappa shape index (κ3) is 2.07. The van der Waals surface area contributed by atoms with Crippen molar-refractivity contribution in [2.45, 2.75) is 33.2 Å². The van der Waals surface area contributed by atoms with Gasteiger partial charge in [-0.05, 0) is 37.3 Å². The normalized spacial score (nSPS) is 24.9. The maximum absolute atomic E-state index is 3.46. The Morgan fingerprint density at radius 3 is 2.20 bits per heavy atom. The van der Waals surface area contributed by atoms with Crippen molar-refractivity contribution < 1.29 is 0 Å². The second kappa shape index (κ2) is 3.64. The number of hydrogen-bond donors (Lipinski definition) is 1. The van der Waals surface area contributed by atoms with Gasteiger partial charge in [0.05, 0.1) is 0 Å². The highest BCUT2D eigenvalue weighted by Gasteiger charge is 2.49. The van der Waals surface area contributed by atoms with Crippen molar-refractivity contribution in [1.29, 1.82) is 0 Å². The Morgan fingerprint density at radius 1 is 1.27 bits per heavy atom. The van der Waals surface area contributed by atoms with Gasteiger partial charge in [-0.3, -0.25) is 0 Å². The molecule has 1 N–H and O–H groups in total. The maximum Gasteiger partial charge on any atom is 0.0351 e. The van der Waals surface area contributed by atoms with Gasteiger partial charge >= 0.3 is 0 Å². The summed E-state index contributed by atoms with van der Waals surface area (Å²) in [4.78, 5) is 0. The fraction of sp³-hybridized carbons (Fsp3) is 0.571. The molecular weight excluding hydrogens is 182 g/mol. The predicted octanol–water partition coefficient (Wildman–Crippen LogP) is 3.30. The van der Waals surface area contributed by atoms with E-state index >= 15 is 0 Å². The van der Waals surface area contributed by atoms with Crippen LogP contribution in [0.2, 0.25) is 0 Å². The molecule has 1 heteroatoms. The van der Waals surface area contributed by atoms with Crippen LogP contribution in [-0.4, -0.2) is 7.05 Å². The summed E-state index contributed by atoms with van der Waals surface area (Å²) in [5.74, 6) is 0.796. The van der Waals surface area contributed by atoms with E-state index < -0.39 is 0 Å². The number of hydrogen-bond acceptors (Lipinski definition) is 1. The molecule has 82 valence electrons. The Morgan fingerprint density at radius 2 is 1.80 bits per heavy atom. The lowest BCUT2D eigenvalue weighted by atomic mass is 9.96. The SMILES string of the molecule is CNC(c1ccc(C)cc1)C1CC1(C)C. The van der Waals surface area contributed by atoms with Crippen molar-refractivity contribution in [3.8, 4) is 0 Å². The standard InChI is InChI=1S/C14H21N/c1-10-5-7-11(8-6-10)13(15-4)12-9-14(12,2)3/h5-8,12-13,15H,9H2,1-4H3. The molecule has 1 aliphatic carbocycles. The van der Waals surface area contributed by atoms with Crippen LogP contribution in [0.15, 0.2) is 24.3 Å². The van der Waals surface area contributed by atoms with Crippen LogP contribution in [0.25, 0.3) is 0 Å². The smallest absolute Gasteiger partial charge is 0.0351 e. The van der Waals surface area contributed by atoms with Gasteiger partial charge in [0.2, 0.25) is 0 Å². The lowest BCUT2D eigenvalue weighted by Crippen LogP contribution is -2.20. The van der Waals surface area contributed by atoms with Crippen molar-refractivity contribution in [2.75, 3.05) is 7.05 Å². The van der Waals surface area contributed by atoms with E-state index in [1.807, 2.05) is 0 Å². The van der Waals surface area contributed by atoms with Crippen molar-refractivity contribution in [1.82, 2.24) is 5.32 Å². The zero-order valence-corrected chi connectivity index (χ0v) is 10.2. The van der Waals surface area contributed by atoms with Crippen LogP contribution < -0.4 is 5.32 Å². The maximum atomic E-state index is 3.46. The molecule has 1 aromatic carbocycles. The van der Waals surface area contributed by atoms with Gasteiger partial charge < -0.3 is 5.32 Å². The fourth-order valence-corrected chi connectivity index (χ4v) is 2.45. The Balaban J connectivity index is 2.17. The minimum Gasteiger partial charge on any atom is -0.313 e. The molecule has 0 saturated heterocycles. The van der Waals surface area contributed by atoms with Gasteiger partial charge in [-0.25, -0.2) is 0 Å². The van der Waals surface area contributed by atoms with Crippen molar-refractivity contribution >= 4 is 0 Å². The highest BCUT2D eigenvalue weighted by molar-refractivity contribution is 5.26. The van der Waals surface area contributed by atoms with E-state index in [0.717, 1.165) is 5.92 Å². The monoisotopic (exact) mass is 203 g/mol. The molecule has 15 heavy (non-hydrogen) atoms. The Hall–Kier alpha value is -0.820. The summed E-state index contributed by atoms with van der Waals surface area (Å²) >= 11 is 0. The molecule has 0 radical (unpaired) electrons. The molecule has 2 unspecified atom stereocenters. The van der Waals surface area contributed by atoms with Crippen LogP contribution in [0.1, 0.15) is 37.4 Å². The quantitative estimate of drug-likeness (QED) is 0.794. The van der Waals surface area contributed by atoms with Crippen LogP contribution in [0.5, 0.6) is 0 Å². The predicted molar refractivity (Wildman–Crippen MR) is 64.9 cm³/mol. The van der Waals surface area contributed by atoms with Crippen molar-refractivity contribution in [3.63, 3.8) is 0 Å². The molecule has 0 amide bonds. The molecule has 1 aliphatic rings. The summed E-state index contributed by atoms with van der Waals surface area (Å²) in [5.41, 5.74) is 3.29. The third-order valence-electron chi connectivity index (χ3n) is 3.74. The molecule has 1 fully saturated rings. The van der Waals surface area contributed by atoms with E-state index in [0.29, 0.717) is 11.5 Å². The minimum atomic E-state index is 0.526. The molecule has 1 aromatic rings. The average molecular weight is 203 g/mol. The topological polar surface area (TPSA) is 12.0 Å². The van der Waals surface area contributed by atoms with Gasteiger partial charge in [0.1, 0.15) is 0 Å². The Labute approximate surface area is 92.9 Å². The summed E-state index contributed by atoms with van der Waals surface area (Å²) < 4.78 is 0. The van der Waals surface area contributed by atoms with Crippen molar-refractivity contribution in [3.05, 3.63) is 35.4 Å². The van der Waals surface area contributed by atoms with E-state index in [-0.39, 0.29) is 0 Å². The fourth-order valence-electron chi connectivity index (χ4n) is 2.45. The Bertz CT molecular complexity index is 337. The van der Waals surface area contributed by atoms with E-state index in [4.69, 9.17) is 0 Å². The molecular formula is C14H21N. The summed E-state index contributed by atoms with van der Waals surface area (Å²) in [6.45, 7) is 6.85. The summed E-state index contributed by atoms with van der Waals surface area (Å²) in [6.07, 6.45) is 1.34. The van der Waals surface area contributed by atoms with E-state index in [1.54, 1.807) is 0 Å². The number of nitrogens with one attached hydrogen (secondary N) is 1. The molecule has 1 nitrogen and oxygen atoms in total. The summed E-state index contributed by atoms with van der Waals surface area (Å²) in [5, 5.41) is 3.46. The molecule has 0 spiro atoms. The van der Waals surface area contributed by atoms with E-state index in [9.17, 15) is 0 Å². The zero-order chi connectivity index (χ0) is 11.1. The average Bonchev–Trinajstić information content (AvgIpc) is 2.80. The second-order valence-electron chi connectivity index (χ2n) is 5.48. The van der Waals surface area contributed by atoms with Gasteiger partial charge in [0.15, 0.2) is 0 Å². The highest BCUT2D eigenvalue weighted by atomic mass is 14.9. The first-order valence-electron chi connectivity index (χ1n) is 5.78. The number of benzene rings is 1. The summed E-state index contributed by atoms with van der Waals surface area (Å²) in [6, 6.07) is 9.44. The summed E-state index contributed by atoms with van der Waals surface area (Å²) in [7, 11) is 2.07. The Kier molecular flexibility index (Phi) is 2.59. The van der Waals surface area contributed by atoms with Gasteiger partial charge in [-0.2, -0.15) is 0 Å². The molecule has 2 atom stereocenters. The first-order chi connectivity index (χ1) is 7.04. The molecule has 0 aliphatic heterocycles.